The molecule has 4 rings (SSSR count). The lowest BCUT2D eigenvalue weighted by Crippen LogP contribution is -2.44. The maximum absolute atomic E-state index is 12.7. The van der Waals surface area contributed by atoms with E-state index in [1.807, 2.05) is 41.8 Å². The molecule has 2 aromatic rings. The number of aromatic nitrogens is 3. The Bertz CT molecular complexity index is 772. The van der Waals surface area contributed by atoms with Gasteiger partial charge in [0.2, 0.25) is 5.89 Å². The number of nitrogens with zero attached hydrogens (tertiary/aromatic N) is 5. The van der Waals surface area contributed by atoms with Crippen LogP contribution in [0, 0.1) is 12.3 Å². The van der Waals surface area contributed by atoms with Crippen LogP contribution < -0.4 is 0 Å². The van der Waals surface area contributed by atoms with Crippen molar-refractivity contribution in [2.24, 2.45) is 12.5 Å². The van der Waals surface area contributed by atoms with Crippen molar-refractivity contribution in [1.29, 1.82) is 0 Å². The Labute approximate surface area is 147 Å². The standard InChI is InChI=1S/C18H25N5O2/c1-13-19-16(25-20-13)15-11-18(12-22(15)3)6-9-23(10-7-18)17(24)14-5-4-8-21(14)2/h4-5,8,15H,6-7,9-12H2,1-3H3. The average molecular weight is 343 g/mol. The van der Waals surface area contributed by atoms with Crippen LogP contribution in [-0.4, -0.2) is 57.1 Å². The van der Waals surface area contributed by atoms with Gasteiger partial charge < -0.3 is 14.0 Å². The van der Waals surface area contributed by atoms with Gasteiger partial charge in [-0.25, -0.2) is 0 Å². The number of likely N-dealkylation sites (tertiary alicyclic amines) is 2. The fourth-order valence-electron chi connectivity index (χ4n) is 4.39. The smallest absolute Gasteiger partial charge is 0.270 e. The van der Waals surface area contributed by atoms with Gasteiger partial charge in [0.25, 0.3) is 5.91 Å². The highest BCUT2D eigenvalue weighted by Crippen LogP contribution is 2.48. The van der Waals surface area contributed by atoms with Gasteiger partial charge in [0, 0.05) is 32.9 Å². The molecule has 25 heavy (non-hydrogen) atoms. The largest absolute Gasteiger partial charge is 0.347 e. The first kappa shape index (κ1) is 16.3. The molecule has 0 saturated carbocycles. The number of carbonyl (C=O) groups is 1. The van der Waals surface area contributed by atoms with Crippen molar-refractivity contribution in [2.45, 2.75) is 32.2 Å². The van der Waals surface area contributed by atoms with Gasteiger partial charge in [-0.1, -0.05) is 5.16 Å². The van der Waals surface area contributed by atoms with E-state index in [2.05, 4.69) is 22.1 Å². The topological polar surface area (TPSA) is 67.4 Å². The van der Waals surface area contributed by atoms with E-state index < -0.39 is 0 Å². The van der Waals surface area contributed by atoms with Crippen LogP contribution in [0.25, 0.3) is 0 Å². The normalized spacial score (nSPS) is 23.5. The van der Waals surface area contributed by atoms with Crippen molar-refractivity contribution < 1.29 is 9.32 Å². The Morgan fingerprint density at radius 2 is 2.08 bits per heavy atom. The molecular formula is C18H25N5O2. The zero-order chi connectivity index (χ0) is 17.6. The molecular weight excluding hydrogens is 318 g/mol. The Balaban J connectivity index is 1.43. The molecule has 0 aromatic carbocycles. The Hall–Kier alpha value is -2.15. The third kappa shape index (κ3) is 2.86. The van der Waals surface area contributed by atoms with E-state index in [9.17, 15) is 4.79 Å². The van der Waals surface area contributed by atoms with Crippen LogP contribution >= 0.6 is 0 Å². The summed E-state index contributed by atoms with van der Waals surface area (Å²) in [6, 6.07) is 4.00. The molecule has 1 unspecified atom stereocenters. The van der Waals surface area contributed by atoms with Crippen molar-refractivity contribution in [3.63, 3.8) is 0 Å². The molecule has 7 nitrogen and oxygen atoms in total. The predicted octanol–water partition coefficient (Wildman–Crippen LogP) is 2.02. The number of hydrogen-bond donors (Lipinski definition) is 0. The maximum Gasteiger partial charge on any atom is 0.270 e. The summed E-state index contributed by atoms with van der Waals surface area (Å²) < 4.78 is 7.30. The van der Waals surface area contributed by atoms with Crippen LogP contribution in [0.2, 0.25) is 0 Å². The molecule has 4 heterocycles. The van der Waals surface area contributed by atoms with Crippen molar-refractivity contribution in [2.75, 3.05) is 26.7 Å². The van der Waals surface area contributed by atoms with E-state index >= 15 is 0 Å². The van der Waals surface area contributed by atoms with E-state index in [0.29, 0.717) is 5.82 Å². The summed E-state index contributed by atoms with van der Waals surface area (Å²) in [5.41, 5.74) is 1.01. The number of aryl methyl sites for hydroxylation is 2. The summed E-state index contributed by atoms with van der Waals surface area (Å²) in [6.45, 7) is 4.50. The third-order valence-electron chi connectivity index (χ3n) is 5.85. The number of hydrogen-bond acceptors (Lipinski definition) is 5. The molecule has 0 bridgehead atoms. The van der Waals surface area contributed by atoms with Gasteiger partial charge in [-0.05, 0) is 50.8 Å². The number of amides is 1. The molecule has 2 fully saturated rings. The number of carbonyl (C=O) groups excluding carboxylic acids is 1. The minimum atomic E-state index is 0.137. The van der Waals surface area contributed by atoms with Gasteiger partial charge in [-0.3, -0.25) is 9.69 Å². The quantitative estimate of drug-likeness (QED) is 0.834. The molecule has 0 radical (unpaired) electrons. The van der Waals surface area contributed by atoms with E-state index in [4.69, 9.17) is 4.52 Å². The van der Waals surface area contributed by atoms with Crippen LogP contribution in [0.15, 0.2) is 22.9 Å². The summed E-state index contributed by atoms with van der Waals surface area (Å²) >= 11 is 0. The first-order chi connectivity index (χ1) is 12.0. The highest BCUT2D eigenvalue weighted by atomic mass is 16.5. The van der Waals surface area contributed by atoms with Gasteiger partial charge in [0.15, 0.2) is 5.82 Å². The van der Waals surface area contributed by atoms with Gasteiger partial charge in [-0.2, -0.15) is 4.98 Å². The second kappa shape index (κ2) is 5.98. The SMILES string of the molecule is Cc1noc(C2CC3(CCN(C(=O)c4cccn4C)CC3)CN2C)n1. The average Bonchev–Trinajstić information content (AvgIpc) is 3.28. The van der Waals surface area contributed by atoms with Gasteiger partial charge >= 0.3 is 0 Å². The van der Waals surface area contributed by atoms with E-state index in [0.717, 1.165) is 50.5 Å². The molecule has 2 aliphatic heterocycles. The van der Waals surface area contributed by atoms with Crippen molar-refractivity contribution in [3.05, 3.63) is 35.7 Å². The van der Waals surface area contributed by atoms with Crippen LogP contribution in [0.5, 0.6) is 0 Å². The maximum atomic E-state index is 12.7. The van der Waals surface area contributed by atoms with E-state index in [-0.39, 0.29) is 17.4 Å². The molecule has 2 aliphatic rings. The minimum Gasteiger partial charge on any atom is -0.347 e. The van der Waals surface area contributed by atoms with E-state index in [1.54, 1.807) is 0 Å². The lowest BCUT2D eigenvalue weighted by molar-refractivity contribution is 0.0584. The van der Waals surface area contributed by atoms with Crippen LogP contribution in [0.1, 0.15) is 47.5 Å². The van der Waals surface area contributed by atoms with Gasteiger partial charge in [0.05, 0.1) is 6.04 Å². The Morgan fingerprint density at radius 3 is 2.68 bits per heavy atom. The Kier molecular flexibility index (Phi) is 3.91. The Morgan fingerprint density at radius 1 is 1.32 bits per heavy atom. The van der Waals surface area contributed by atoms with Crippen molar-refractivity contribution in [1.82, 2.24) is 24.5 Å². The van der Waals surface area contributed by atoms with Crippen LogP contribution in [0.3, 0.4) is 0 Å². The fourth-order valence-corrected chi connectivity index (χ4v) is 4.39. The van der Waals surface area contributed by atoms with Crippen LogP contribution in [0.4, 0.5) is 0 Å². The van der Waals surface area contributed by atoms with Crippen LogP contribution in [-0.2, 0) is 7.05 Å². The summed E-state index contributed by atoms with van der Waals surface area (Å²) in [4.78, 5) is 21.4. The molecule has 0 aliphatic carbocycles. The van der Waals surface area contributed by atoms with Crippen molar-refractivity contribution >= 4 is 5.91 Å². The van der Waals surface area contributed by atoms with Gasteiger partial charge in [-0.15, -0.1) is 0 Å². The zero-order valence-electron chi connectivity index (χ0n) is 15.1. The molecule has 2 saturated heterocycles. The number of rotatable bonds is 2. The van der Waals surface area contributed by atoms with Gasteiger partial charge in [0.1, 0.15) is 5.69 Å². The summed E-state index contributed by atoms with van der Waals surface area (Å²) in [5.74, 6) is 1.55. The molecule has 0 N–H and O–H groups in total. The molecule has 134 valence electrons. The first-order valence-corrected chi connectivity index (χ1v) is 8.88. The number of piperidine rings is 1. The summed E-state index contributed by atoms with van der Waals surface area (Å²) in [6.07, 6.45) is 4.99. The molecule has 1 amide bonds. The summed E-state index contributed by atoms with van der Waals surface area (Å²) in [7, 11) is 4.04. The lowest BCUT2D eigenvalue weighted by Gasteiger charge is -2.39. The van der Waals surface area contributed by atoms with Crippen molar-refractivity contribution in [3.8, 4) is 0 Å². The molecule has 1 atom stereocenters. The van der Waals surface area contributed by atoms with E-state index in [1.165, 1.54) is 0 Å². The monoisotopic (exact) mass is 343 g/mol. The molecule has 2 aromatic heterocycles. The highest BCUT2D eigenvalue weighted by Gasteiger charge is 2.47. The summed E-state index contributed by atoms with van der Waals surface area (Å²) in [5, 5.41) is 3.93. The minimum absolute atomic E-state index is 0.137. The lowest BCUT2D eigenvalue weighted by atomic mass is 9.76. The zero-order valence-corrected chi connectivity index (χ0v) is 15.1. The highest BCUT2D eigenvalue weighted by molar-refractivity contribution is 5.92. The fraction of sp³-hybridized carbons (Fsp3) is 0.611. The third-order valence-corrected chi connectivity index (χ3v) is 5.85. The first-order valence-electron chi connectivity index (χ1n) is 8.88. The predicted molar refractivity (Wildman–Crippen MR) is 92.0 cm³/mol. The second-order valence-corrected chi connectivity index (χ2v) is 7.61. The molecule has 1 spiro atoms. The second-order valence-electron chi connectivity index (χ2n) is 7.61. The molecule has 7 heteroatoms.